The van der Waals surface area contributed by atoms with Gasteiger partial charge in [0.1, 0.15) is 0 Å². The topological polar surface area (TPSA) is 47.3 Å². The Hall–Kier alpha value is -0.120. The van der Waals surface area contributed by atoms with E-state index in [1.807, 2.05) is 0 Å². The zero-order chi connectivity index (χ0) is 10.7. The number of hydrogen-bond acceptors (Lipinski definition) is 3. The van der Waals surface area contributed by atoms with Gasteiger partial charge in [-0.2, -0.15) is 0 Å². The fourth-order valence-corrected chi connectivity index (χ4v) is 1.54. The monoisotopic (exact) mass is 200 g/mol. The van der Waals surface area contributed by atoms with E-state index in [4.69, 9.17) is 10.5 Å². The van der Waals surface area contributed by atoms with E-state index in [0.29, 0.717) is 12.0 Å². The molecule has 0 spiro atoms. The van der Waals surface area contributed by atoms with Crippen molar-refractivity contribution in [3.8, 4) is 0 Å². The summed E-state index contributed by atoms with van der Waals surface area (Å²) in [5, 5.41) is 3.45. The Morgan fingerprint density at radius 3 is 2.71 bits per heavy atom. The Morgan fingerprint density at radius 2 is 2.21 bits per heavy atom. The molecule has 1 heterocycles. The van der Waals surface area contributed by atoms with Gasteiger partial charge in [0.05, 0.1) is 12.1 Å². The molecule has 1 saturated heterocycles. The molecule has 1 aliphatic heterocycles. The quantitative estimate of drug-likeness (QED) is 0.699. The molecular formula is C11H24N2O. The van der Waals surface area contributed by atoms with Crippen molar-refractivity contribution in [2.24, 2.45) is 11.1 Å². The van der Waals surface area contributed by atoms with Crippen molar-refractivity contribution in [2.75, 3.05) is 26.3 Å². The molecule has 3 nitrogen and oxygen atoms in total. The molecule has 3 N–H and O–H groups in total. The van der Waals surface area contributed by atoms with E-state index in [2.05, 4.69) is 26.1 Å². The van der Waals surface area contributed by atoms with E-state index in [1.54, 1.807) is 0 Å². The van der Waals surface area contributed by atoms with Crippen molar-refractivity contribution in [1.82, 2.24) is 5.32 Å². The molecule has 0 aromatic rings. The van der Waals surface area contributed by atoms with Crippen molar-refractivity contribution >= 4 is 0 Å². The van der Waals surface area contributed by atoms with Crippen LogP contribution < -0.4 is 11.1 Å². The van der Waals surface area contributed by atoms with E-state index in [0.717, 1.165) is 26.1 Å². The second kappa shape index (κ2) is 4.60. The predicted molar refractivity (Wildman–Crippen MR) is 59.3 cm³/mol. The number of nitrogens with one attached hydrogen (secondary N) is 1. The Balaban J connectivity index is 2.20. The van der Waals surface area contributed by atoms with Gasteiger partial charge >= 0.3 is 0 Å². The third-order valence-corrected chi connectivity index (χ3v) is 3.17. The first-order chi connectivity index (χ1) is 6.47. The molecule has 0 radical (unpaired) electrons. The average Bonchev–Trinajstić information content (AvgIpc) is 2.52. The van der Waals surface area contributed by atoms with Crippen LogP contribution >= 0.6 is 0 Å². The molecular weight excluding hydrogens is 176 g/mol. The van der Waals surface area contributed by atoms with Gasteiger partial charge in [-0.1, -0.05) is 20.8 Å². The van der Waals surface area contributed by atoms with Crippen LogP contribution in [0.25, 0.3) is 0 Å². The highest BCUT2D eigenvalue weighted by Crippen LogP contribution is 2.19. The highest BCUT2D eigenvalue weighted by Gasteiger charge is 2.30. The van der Waals surface area contributed by atoms with E-state index >= 15 is 0 Å². The minimum Gasteiger partial charge on any atom is -0.379 e. The van der Waals surface area contributed by atoms with Crippen LogP contribution in [0.3, 0.4) is 0 Å². The summed E-state index contributed by atoms with van der Waals surface area (Å²) in [5.74, 6) is 0. The smallest absolute Gasteiger partial charge is 0.0659 e. The lowest BCUT2D eigenvalue weighted by atomic mass is 9.90. The van der Waals surface area contributed by atoms with Crippen LogP contribution in [0.15, 0.2) is 0 Å². The van der Waals surface area contributed by atoms with Crippen LogP contribution in [-0.2, 0) is 4.74 Å². The Kier molecular flexibility index (Phi) is 3.93. The van der Waals surface area contributed by atoms with Crippen LogP contribution in [0.5, 0.6) is 0 Å². The van der Waals surface area contributed by atoms with Crippen molar-refractivity contribution < 1.29 is 4.74 Å². The summed E-state index contributed by atoms with van der Waals surface area (Å²) < 4.78 is 5.30. The second-order valence-corrected chi connectivity index (χ2v) is 5.29. The zero-order valence-corrected chi connectivity index (χ0v) is 9.73. The Labute approximate surface area is 87.4 Å². The predicted octanol–water partition coefficient (Wildman–Crippen LogP) is 1.13. The molecule has 0 aromatic heterocycles. The maximum Gasteiger partial charge on any atom is 0.0659 e. The van der Waals surface area contributed by atoms with Gasteiger partial charge in [-0.25, -0.2) is 0 Å². The second-order valence-electron chi connectivity index (χ2n) is 5.29. The Bertz CT molecular complexity index is 174. The van der Waals surface area contributed by atoms with Crippen LogP contribution in [0, 0.1) is 5.41 Å². The number of ether oxygens (including phenoxy) is 1. The molecule has 0 aliphatic carbocycles. The molecule has 1 rings (SSSR count). The molecule has 1 unspecified atom stereocenters. The van der Waals surface area contributed by atoms with E-state index in [9.17, 15) is 0 Å². The van der Waals surface area contributed by atoms with Crippen LogP contribution in [-0.4, -0.2) is 31.8 Å². The first kappa shape index (κ1) is 12.0. The normalized spacial score (nSPS) is 28.3. The molecule has 84 valence electrons. The molecule has 0 aromatic carbocycles. The molecule has 0 amide bonds. The van der Waals surface area contributed by atoms with Crippen LogP contribution in [0.4, 0.5) is 0 Å². The maximum absolute atomic E-state index is 6.14. The Morgan fingerprint density at radius 1 is 1.50 bits per heavy atom. The minimum absolute atomic E-state index is 0.121. The fourth-order valence-electron chi connectivity index (χ4n) is 1.54. The third-order valence-electron chi connectivity index (χ3n) is 3.17. The molecule has 1 aliphatic rings. The van der Waals surface area contributed by atoms with E-state index in [-0.39, 0.29) is 5.54 Å². The molecule has 0 bridgehead atoms. The summed E-state index contributed by atoms with van der Waals surface area (Å²) in [7, 11) is 0. The molecule has 1 atom stereocenters. The van der Waals surface area contributed by atoms with Crippen LogP contribution in [0.2, 0.25) is 0 Å². The molecule has 1 fully saturated rings. The average molecular weight is 200 g/mol. The standard InChI is InChI=1S/C11H24N2O/c1-4-10(2,3)7-13-8-11(12)5-6-14-9-11/h13H,4-9,12H2,1-3H3. The number of rotatable bonds is 5. The van der Waals surface area contributed by atoms with E-state index < -0.39 is 0 Å². The fraction of sp³-hybridized carbons (Fsp3) is 1.00. The lowest BCUT2D eigenvalue weighted by Gasteiger charge is -2.27. The highest BCUT2D eigenvalue weighted by molar-refractivity contribution is 4.90. The van der Waals surface area contributed by atoms with Gasteiger partial charge in [-0.15, -0.1) is 0 Å². The summed E-state index contributed by atoms with van der Waals surface area (Å²) >= 11 is 0. The van der Waals surface area contributed by atoms with Crippen molar-refractivity contribution in [3.05, 3.63) is 0 Å². The van der Waals surface area contributed by atoms with Gasteiger partial charge in [-0.05, 0) is 18.3 Å². The largest absolute Gasteiger partial charge is 0.379 e. The van der Waals surface area contributed by atoms with Crippen molar-refractivity contribution in [3.63, 3.8) is 0 Å². The third kappa shape index (κ3) is 3.56. The van der Waals surface area contributed by atoms with Crippen molar-refractivity contribution in [2.45, 2.75) is 39.2 Å². The molecule has 3 heteroatoms. The summed E-state index contributed by atoms with van der Waals surface area (Å²) in [6.45, 7) is 10.2. The lowest BCUT2D eigenvalue weighted by molar-refractivity contribution is 0.175. The van der Waals surface area contributed by atoms with Gasteiger partial charge in [0.15, 0.2) is 0 Å². The number of hydrogen-bond donors (Lipinski definition) is 2. The molecule has 14 heavy (non-hydrogen) atoms. The SMILES string of the molecule is CCC(C)(C)CNCC1(N)CCOC1. The van der Waals surface area contributed by atoms with Gasteiger partial charge in [0.25, 0.3) is 0 Å². The number of nitrogens with two attached hydrogens (primary N) is 1. The van der Waals surface area contributed by atoms with Crippen molar-refractivity contribution in [1.29, 1.82) is 0 Å². The van der Waals surface area contributed by atoms with Gasteiger partial charge in [-0.3, -0.25) is 0 Å². The van der Waals surface area contributed by atoms with Gasteiger partial charge in [0.2, 0.25) is 0 Å². The van der Waals surface area contributed by atoms with Crippen LogP contribution in [0.1, 0.15) is 33.6 Å². The highest BCUT2D eigenvalue weighted by atomic mass is 16.5. The minimum atomic E-state index is -0.121. The first-order valence-corrected chi connectivity index (χ1v) is 5.55. The summed E-state index contributed by atoms with van der Waals surface area (Å²) in [6, 6.07) is 0. The lowest BCUT2D eigenvalue weighted by Crippen LogP contribution is -2.50. The first-order valence-electron chi connectivity index (χ1n) is 5.55. The van der Waals surface area contributed by atoms with E-state index in [1.165, 1.54) is 6.42 Å². The van der Waals surface area contributed by atoms with Gasteiger partial charge in [0, 0.05) is 19.7 Å². The summed E-state index contributed by atoms with van der Waals surface area (Å²) in [6.07, 6.45) is 2.17. The summed E-state index contributed by atoms with van der Waals surface area (Å²) in [5.41, 5.74) is 6.39. The summed E-state index contributed by atoms with van der Waals surface area (Å²) in [4.78, 5) is 0. The zero-order valence-electron chi connectivity index (χ0n) is 9.73. The maximum atomic E-state index is 6.14. The van der Waals surface area contributed by atoms with Gasteiger partial charge < -0.3 is 15.8 Å². The molecule has 0 saturated carbocycles.